The Labute approximate surface area is 122 Å². The SMILES string of the molecule is COCCNCCCCCCc1ccc2c(c1)COC2. The van der Waals surface area contributed by atoms with Gasteiger partial charge < -0.3 is 14.8 Å². The predicted octanol–water partition coefficient (Wildman–Crippen LogP) is 3.06. The molecule has 1 aromatic rings. The normalized spacial score (nSPS) is 13.7. The molecule has 1 aliphatic rings. The van der Waals surface area contributed by atoms with Crippen molar-refractivity contribution in [2.45, 2.75) is 45.3 Å². The van der Waals surface area contributed by atoms with E-state index in [2.05, 4.69) is 23.5 Å². The van der Waals surface area contributed by atoms with E-state index in [0.717, 1.165) is 32.9 Å². The third-order valence-electron chi connectivity index (χ3n) is 3.84. The number of nitrogens with one attached hydrogen (secondary N) is 1. The Morgan fingerprint density at radius 1 is 1.05 bits per heavy atom. The van der Waals surface area contributed by atoms with E-state index >= 15 is 0 Å². The fraction of sp³-hybridized carbons (Fsp3) is 0.647. The number of fused-ring (bicyclic) bond motifs is 1. The first-order valence-corrected chi connectivity index (χ1v) is 7.78. The van der Waals surface area contributed by atoms with Gasteiger partial charge in [0.15, 0.2) is 0 Å². The highest BCUT2D eigenvalue weighted by atomic mass is 16.5. The summed E-state index contributed by atoms with van der Waals surface area (Å²) in [6, 6.07) is 6.83. The highest BCUT2D eigenvalue weighted by molar-refractivity contribution is 5.33. The highest BCUT2D eigenvalue weighted by Crippen LogP contribution is 2.21. The fourth-order valence-electron chi connectivity index (χ4n) is 2.61. The van der Waals surface area contributed by atoms with E-state index in [1.54, 1.807) is 7.11 Å². The number of benzene rings is 1. The van der Waals surface area contributed by atoms with Gasteiger partial charge in [0.2, 0.25) is 0 Å². The van der Waals surface area contributed by atoms with Crippen molar-refractivity contribution >= 4 is 0 Å². The van der Waals surface area contributed by atoms with Gasteiger partial charge in [-0.3, -0.25) is 0 Å². The number of methoxy groups -OCH3 is 1. The maximum absolute atomic E-state index is 5.45. The van der Waals surface area contributed by atoms with Crippen molar-refractivity contribution < 1.29 is 9.47 Å². The van der Waals surface area contributed by atoms with Crippen molar-refractivity contribution in [3.05, 3.63) is 34.9 Å². The van der Waals surface area contributed by atoms with Crippen molar-refractivity contribution in [3.8, 4) is 0 Å². The lowest BCUT2D eigenvalue weighted by atomic mass is 10.0. The maximum Gasteiger partial charge on any atom is 0.0725 e. The van der Waals surface area contributed by atoms with Crippen LogP contribution in [-0.4, -0.2) is 26.8 Å². The Balaban J connectivity index is 1.51. The van der Waals surface area contributed by atoms with Gasteiger partial charge in [0.1, 0.15) is 0 Å². The third kappa shape index (κ3) is 5.23. The van der Waals surface area contributed by atoms with Gasteiger partial charge in [-0.05, 0) is 42.5 Å². The van der Waals surface area contributed by atoms with Gasteiger partial charge >= 0.3 is 0 Å². The van der Waals surface area contributed by atoms with Crippen molar-refractivity contribution in [1.82, 2.24) is 5.32 Å². The summed E-state index contributed by atoms with van der Waals surface area (Å²) in [6.45, 7) is 4.48. The zero-order valence-electron chi connectivity index (χ0n) is 12.6. The molecule has 1 aliphatic heterocycles. The summed E-state index contributed by atoms with van der Waals surface area (Å²) in [6.07, 6.45) is 6.39. The van der Waals surface area contributed by atoms with E-state index in [1.165, 1.54) is 48.8 Å². The number of rotatable bonds is 10. The molecule has 0 spiro atoms. The first kappa shape index (κ1) is 15.5. The molecular weight excluding hydrogens is 250 g/mol. The van der Waals surface area contributed by atoms with Crippen LogP contribution in [0, 0.1) is 0 Å². The second kappa shape index (κ2) is 9.11. The van der Waals surface area contributed by atoms with E-state index in [1.807, 2.05) is 0 Å². The quantitative estimate of drug-likeness (QED) is 0.667. The predicted molar refractivity (Wildman–Crippen MR) is 81.9 cm³/mol. The lowest BCUT2D eigenvalue weighted by molar-refractivity contribution is 0.134. The average molecular weight is 277 g/mol. The van der Waals surface area contributed by atoms with E-state index in [9.17, 15) is 0 Å². The molecule has 0 saturated heterocycles. The summed E-state index contributed by atoms with van der Waals surface area (Å²) < 4.78 is 10.4. The minimum Gasteiger partial charge on any atom is -0.383 e. The zero-order chi connectivity index (χ0) is 14.0. The Morgan fingerprint density at radius 3 is 2.80 bits per heavy atom. The van der Waals surface area contributed by atoms with Crippen molar-refractivity contribution in [2.75, 3.05) is 26.8 Å². The van der Waals surface area contributed by atoms with Gasteiger partial charge in [0.25, 0.3) is 0 Å². The van der Waals surface area contributed by atoms with Crippen LogP contribution in [0.4, 0.5) is 0 Å². The summed E-state index contributed by atoms with van der Waals surface area (Å²) in [4.78, 5) is 0. The number of hydrogen-bond acceptors (Lipinski definition) is 3. The van der Waals surface area contributed by atoms with Crippen LogP contribution in [-0.2, 0) is 29.1 Å². The molecule has 3 heteroatoms. The number of ether oxygens (including phenoxy) is 2. The molecule has 0 saturated carbocycles. The monoisotopic (exact) mass is 277 g/mol. The third-order valence-corrected chi connectivity index (χ3v) is 3.84. The van der Waals surface area contributed by atoms with Crippen LogP contribution in [0.3, 0.4) is 0 Å². The van der Waals surface area contributed by atoms with Gasteiger partial charge in [0.05, 0.1) is 19.8 Å². The molecule has 2 rings (SSSR count). The molecule has 0 fully saturated rings. The summed E-state index contributed by atoms with van der Waals surface area (Å²) in [5.74, 6) is 0. The molecule has 0 aliphatic carbocycles. The molecule has 3 nitrogen and oxygen atoms in total. The minimum atomic E-state index is 0.797. The fourth-order valence-corrected chi connectivity index (χ4v) is 2.61. The zero-order valence-corrected chi connectivity index (χ0v) is 12.6. The smallest absolute Gasteiger partial charge is 0.0725 e. The van der Waals surface area contributed by atoms with Crippen LogP contribution in [0.2, 0.25) is 0 Å². The van der Waals surface area contributed by atoms with Gasteiger partial charge in [-0.2, -0.15) is 0 Å². The first-order valence-electron chi connectivity index (χ1n) is 7.78. The molecule has 0 unspecified atom stereocenters. The van der Waals surface area contributed by atoms with Gasteiger partial charge in [0, 0.05) is 13.7 Å². The molecule has 1 aromatic carbocycles. The molecule has 0 bridgehead atoms. The first-order chi connectivity index (χ1) is 9.90. The summed E-state index contributed by atoms with van der Waals surface area (Å²) in [5.41, 5.74) is 4.23. The Hall–Kier alpha value is -0.900. The molecule has 0 atom stereocenters. The molecule has 112 valence electrons. The summed E-state index contributed by atoms with van der Waals surface area (Å²) in [5, 5.41) is 3.38. The average Bonchev–Trinajstić information content (AvgIpc) is 2.93. The maximum atomic E-state index is 5.45. The molecular formula is C17H27NO2. The summed E-state index contributed by atoms with van der Waals surface area (Å²) in [7, 11) is 1.74. The molecule has 0 aromatic heterocycles. The summed E-state index contributed by atoms with van der Waals surface area (Å²) >= 11 is 0. The van der Waals surface area contributed by atoms with Crippen molar-refractivity contribution in [2.24, 2.45) is 0 Å². The van der Waals surface area contributed by atoms with Gasteiger partial charge in [-0.15, -0.1) is 0 Å². The Kier molecular flexibility index (Phi) is 7.06. The van der Waals surface area contributed by atoms with E-state index in [4.69, 9.17) is 9.47 Å². The van der Waals surface area contributed by atoms with Crippen LogP contribution in [0.25, 0.3) is 0 Å². The lowest BCUT2D eigenvalue weighted by Gasteiger charge is -2.05. The molecule has 1 heterocycles. The van der Waals surface area contributed by atoms with E-state index < -0.39 is 0 Å². The second-order valence-electron chi connectivity index (χ2n) is 5.50. The largest absolute Gasteiger partial charge is 0.383 e. The molecule has 20 heavy (non-hydrogen) atoms. The standard InChI is InChI=1S/C17H27NO2/c1-19-11-10-18-9-5-3-2-4-6-15-7-8-16-13-20-14-17(16)12-15/h7-8,12,18H,2-6,9-11,13-14H2,1H3. The van der Waals surface area contributed by atoms with Crippen LogP contribution < -0.4 is 5.32 Å². The number of hydrogen-bond donors (Lipinski definition) is 1. The van der Waals surface area contributed by atoms with E-state index in [0.29, 0.717) is 0 Å². The van der Waals surface area contributed by atoms with Gasteiger partial charge in [-0.1, -0.05) is 31.0 Å². The van der Waals surface area contributed by atoms with Crippen LogP contribution in [0.1, 0.15) is 42.4 Å². The molecule has 0 amide bonds. The van der Waals surface area contributed by atoms with Crippen molar-refractivity contribution in [3.63, 3.8) is 0 Å². The van der Waals surface area contributed by atoms with E-state index in [-0.39, 0.29) is 0 Å². The van der Waals surface area contributed by atoms with Gasteiger partial charge in [-0.25, -0.2) is 0 Å². The lowest BCUT2D eigenvalue weighted by Crippen LogP contribution is -2.20. The topological polar surface area (TPSA) is 30.5 Å². The Bertz CT molecular complexity index is 393. The molecule has 0 radical (unpaired) electrons. The van der Waals surface area contributed by atoms with Crippen LogP contribution >= 0.6 is 0 Å². The highest BCUT2D eigenvalue weighted by Gasteiger charge is 2.10. The minimum absolute atomic E-state index is 0.797. The number of aryl methyl sites for hydroxylation is 1. The second-order valence-corrected chi connectivity index (χ2v) is 5.50. The Morgan fingerprint density at radius 2 is 1.90 bits per heavy atom. The van der Waals surface area contributed by atoms with Crippen LogP contribution in [0.15, 0.2) is 18.2 Å². The molecule has 1 N–H and O–H groups in total. The van der Waals surface area contributed by atoms with Crippen LogP contribution in [0.5, 0.6) is 0 Å². The number of unbranched alkanes of at least 4 members (excludes halogenated alkanes) is 3. The van der Waals surface area contributed by atoms with Crippen molar-refractivity contribution in [1.29, 1.82) is 0 Å².